The molecule has 1 heterocycles. The maximum atomic E-state index is 12.1. The number of rotatable bonds is 4. The van der Waals surface area contributed by atoms with Gasteiger partial charge >= 0.3 is 0 Å². The average molecular weight is 228 g/mol. The lowest BCUT2D eigenvalue weighted by Gasteiger charge is -2.31. The molecule has 0 bridgehead atoms. The first-order valence-corrected chi connectivity index (χ1v) is 6.09. The van der Waals surface area contributed by atoms with Crippen molar-refractivity contribution < 1.29 is 9.90 Å². The van der Waals surface area contributed by atoms with Crippen LogP contribution in [0.15, 0.2) is 0 Å². The second-order valence-electron chi connectivity index (χ2n) is 5.52. The molecule has 1 atom stereocenters. The predicted molar refractivity (Wildman–Crippen MR) is 64.1 cm³/mol. The normalized spacial score (nSPS) is 21.1. The number of hydrogen-bond acceptors (Lipinski definition) is 3. The Labute approximate surface area is 98.0 Å². The molecule has 1 aliphatic rings. The van der Waals surface area contributed by atoms with Crippen molar-refractivity contribution in [2.24, 2.45) is 5.41 Å². The second-order valence-corrected chi connectivity index (χ2v) is 5.52. The lowest BCUT2D eigenvalue weighted by atomic mass is 9.94. The van der Waals surface area contributed by atoms with Gasteiger partial charge in [0, 0.05) is 24.5 Å². The van der Waals surface area contributed by atoms with E-state index in [0.717, 1.165) is 19.5 Å². The molecule has 1 fully saturated rings. The maximum Gasteiger partial charge on any atom is 0.228 e. The number of carbonyl (C=O) groups is 1. The van der Waals surface area contributed by atoms with Crippen LogP contribution in [0.3, 0.4) is 0 Å². The maximum absolute atomic E-state index is 12.1. The van der Waals surface area contributed by atoms with Gasteiger partial charge in [0.1, 0.15) is 0 Å². The quantitative estimate of drug-likeness (QED) is 0.741. The molecule has 1 saturated heterocycles. The Bertz CT molecular complexity index is 230. The minimum Gasteiger partial charge on any atom is -0.395 e. The molecule has 0 aromatic carbocycles. The van der Waals surface area contributed by atoms with E-state index in [1.165, 1.54) is 6.42 Å². The molecule has 1 aliphatic heterocycles. The summed E-state index contributed by atoms with van der Waals surface area (Å²) in [5.74, 6) is 0.121. The van der Waals surface area contributed by atoms with E-state index in [-0.39, 0.29) is 17.9 Å². The Hall–Kier alpha value is -0.610. The molecule has 16 heavy (non-hydrogen) atoms. The van der Waals surface area contributed by atoms with Crippen LogP contribution in [0.2, 0.25) is 0 Å². The lowest BCUT2D eigenvalue weighted by molar-refractivity contribution is -0.140. The number of aliphatic hydroxyl groups is 1. The Kier molecular flexibility index (Phi) is 4.74. The largest absolute Gasteiger partial charge is 0.395 e. The standard InChI is InChI=1S/C12H24N2O2/c1-12(2,3)11(16)14(7-8-15)9-10-5-4-6-13-10/h10,13,15H,4-9H2,1-3H3. The Balaban J connectivity index is 2.55. The van der Waals surface area contributed by atoms with E-state index in [1.807, 2.05) is 20.8 Å². The van der Waals surface area contributed by atoms with Gasteiger partial charge in [-0.2, -0.15) is 0 Å². The number of hydrogen-bond donors (Lipinski definition) is 2. The Morgan fingerprint density at radius 2 is 2.19 bits per heavy atom. The van der Waals surface area contributed by atoms with Crippen molar-refractivity contribution in [2.75, 3.05) is 26.2 Å². The number of nitrogens with zero attached hydrogens (tertiary/aromatic N) is 1. The summed E-state index contributed by atoms with van der Waals surface area (Å²) in [7, 11) is 0. The summed E-state index contributed by atoms with van der Waals surface area (Å²) in [6, 6.07) is 0.401. The zero-order valence-corrected chi connectivity index (χ0v) is 10.6. The summed E-state index contributed by atoms with van der Waals surface area (Å²) in [5, 5.41) is 12.4. The smallest absolute Gasteiger partial charge is 0.228 e. The van der Waals surface area contributed by atoms with Crippen LogP contribution in [0.5, 0.6) is 0 Å². The van der Waals surface area contributed by atoms with Crippen molar-refractivity contribution in [1.29, 1.82) is 0 Å². The fraction of sp³-hybridized carbons (Fsp3) is 0.917. The molecule has 2 N–H and O–H groups in total. The van der Waals surface area contributed by atoms with Gasteiger partial charge in [-0.1, -0.05) is 20.8 Å². The van der Waals surface area contributed by atoms with Crippen LogP contribution in [-0.4, -0.2) is 48.2 Å². The van der Waals surface area contributed by atoms with Crippen LogP contribution in [0.4, 0.5) is 0 Å². The highest BCUT2D eigenvalue weighted by atomic mass is 16.3. The van der Waals surface area contributed by atoms with Gasteiger partial charge in [0.2, 0.25) is 5.91 Å². The van der Waals surface area contributed by atoms with E-state index in [1.54, 1.807) is 4.90 Å². The van der Waals surface area contributed by atoms with Crippen molar-refractivity contribution in [3.8, 4) is 0 Å². The van der Waals surface area contributed by atoms with E-state index in [0.29, 0.717) is 12.6 Å². The summed E-state index contributed by atoms with van der Waals surface area (Å²) in [6.07, 6.45) is 2.31. The number of carbonyl (C=O) groups excluding carboxylic acids is 1. The molecule has 4 nitrogen and oxygen atoms in total. The number of amides is 1. The molecule has 1 amide bonds. The minimum absolute atomic E-state index is 0.0363. The molecular weight excluding hydrogens is 204 g/mol. The van der Waals surface area contributed by atoms with E-state index in [2.05, 4.69) is 5.32 Å². The summed E-state index contributed by atoms with van der Waals surface area (Å²) in [6.45, 7) is 7.99. The van der Waals surface area contributed by atoms with E-state index in [9.17, 15) is 4.79 Å². The van der Waals surface area contributed by atoms with Crippen LogP contribution in [0.1, 0.15) is 33.6 Å². The summed E-state index contributed by atoms with van der Waals surface area (Å²) in [4.78, 5) is 13.9. The van der Waals surface area contributed by atoms with Gasteiger partial charge < -0.3 is 15.3 Å². The highest BCUT2D eigenvalue weighted by molar-refractivity contribution is 5.81. The van der Waals surface area contributed by atoms with Crippen LogP contribution in [0.25, 0.3) is 0 Å². The molecule has 0 aromatic rings. The average Bonchev–Trinajstić information content (AvgIpc) is 2.67. The number of nitrogens with one attached hydrogen (secondary N) is 1. The topological polar surface area (TPSA) is 52.6 Å². The van der Waals surface area contributed by atoms with Gasteiger partial charge in [-0.3, -0.25) is 4.79 Å². The summed E-state index contributed by atoms with van der Waals surface area (Å²) >= 11 is 0. The summed E-state index contributed by atoms with van der Waals surface area (Å²) < 4.78 is 0. The zero-order chi connectivity index (χ0) is 12.2. The van der Waals surface area contributed by atoms with Crippen molar-refractivity contribution in [2.45, 2.75) is 39.7 Å². The highest BCUT2D eigenvalue weighted by Crippen LogP contribution is 2.18. The molecule has 0 spiro atoms. The third-order valence-electron chi connectivity index (χ3n) is 2.90. The Morgan fingerprint density at radius 1 is 1.50 bits per heavy atom. The monoisotopic (exact) mass is 228 g/mol. The third-order valence-corrected chi connectivity index (χ3v) is 2.90. The van der Waals surface area contributed by atoms with E-state index >= 15 is 0 Å². The van der Waals surface area contributed by atoms with Gasteiger partial charge in [-0.15, -0.1) is 0 Å². The van der Waals surface area contributed by atoms with Crippen LogP contribution >= 0.6 is 0 Å². The first-order valence-electron chi connectivity index (χ1n) is 6.09. The van der Waals surface area contributed by atoms with Crippen LogP contribution in [0, 0.1) is 5.41 Å². The van der Waals surface area contributed by atoms with Gasteiger partial charge in [0.25, 0.3) is 0 Å². The van der Waals surface area contributed by atoms with Gasteiger partial charge in [0.05, 0.1) is 6.61 Å². The Morgan fingerprint density at radius 3 is 2.62 bits per heavy atom. The third kappa shape index (κ3) is 3.76. The van der Waals surface area contributed by atoms with Gasteiger partial charge in [-0.05, 0) is 19.4 Å². The van der Waals surface area contributed by atoms with Crippen LogP contribution < -0.4 is 5.32 Å². The van der Waals surface area contributed by atoms with Crippen molar-refractivity contribution in [1.82, 2.24) is 10.2 Å². The van der Waals surface area contributed by atoms with Gasteiger partial charge in [-0.25, -0.2) is 0 Å². The van der Waals surface area contributed by atoms with Crippen molar-refractivity contribution in [3.05, 3.63) is 0 Å². The van der Waals surface area contributed by atoms with Crippen molar-refractivity contribution in [3.63, 3.8) is 0 Å². The molecule has 0 saturated carbocycles. The first-order chi connectivity index (χ1) is 7.45. The number of aliphatic hydroxyl groups excluding tert-OH is 1. The fourth-order valence-electron chi connectivity index (χ4n) is 2.05. The minimum atomic E-state index is -0.367. The molecule has 1 unspecified atom stereocenters. The highest BCUT2D eigenvalue weighted by Gasteiger charge is 2.29. The fourth-order valence-corrected chi connectivity index (χ4v) is 2.05. The zero-order valence-electron chi connectivity index (χ0n) is 10.6. The van der Waals surface area contributed by atoms with E-state index in [4.69, 9.17) is 5.11 Å². The molecular formula is C12H24N2O2. The lowest BCUT2D eigenvalue weighted by Crippen LogP contribution is -2.46. The molecule has 1 rings (SSSR count). The van der Waals surface area contributed by atoms with E-state index < -0.39 is 0 Å². The summed E-state index contributed by atoms with van der Waals surface area (Å²) in [5.41, 5.74) is -0.367. The van der Waals surface area contributed by atoms with Crippen molar-refractivity contribution >= 4 is 5.91 Å². The van der Waals surface area contributed by atoms with Crippen LogP contribution in [-0.2, 0) is 4.79 Å². The SMILES string of the molecule is CC(C)(C)C(=O)N(CCO)CC1CCCN1. The second kappa shape index (κ2) is 5.64. The molecule has 0 aliphatic carbocycles. The molecule has 0 radical (unpaired) electrons. The van der Waals surface area contributed by atoms with Gasteiger partial charge in [0.15, 0.2) is 0 Å². The first kappa shape index (κ1) is 13.5. The molecule has 4 heteroatoms. The predicted octanol–water partition coefficient (Wildman–Crippen LogP) is 0.605. The molecule has 94 valence electrons. The molecule has 0 aromatic heterocycles.